The highest BCUT2D eigenvalue weighted by atomic mass is 16.1. The van der Waals surface area contributed by atoms with Crippen LogP contribution in [0.5, 0.6) is 0 Å². The molecule has 0 radical (unpaired) electrons. The van der Waals surface area contributed by atoms with Crippen LogP contribution in [0.15, 0.2) is 30.3 Å². The monoisotopic (exact) mass is 257 g/mol. The number of anilines is 1. The van der Waals surface area contributed by atoms with Gasteiger partial charge in [-0.2, -0.15) is 0 Å². The van der Waals surface area contributed by atoms with Crippen LogP contribution >= 0.6 is 0 Å². The number of aromatic nitrogens is 1. The number of benzene rings is 1. The minimum absolute atomic E-state index is 0.0846. The summed E-state index contributed by atoms with van der Waals surface area (Å²) in [5.41, 5.74) is 9.72. The highest BCUT2D eigenvalue weighted by Gasteiger charge is 2.20. The van der Waals surface area contributed by atoms with Crippen molar-refractivity contribution in [1.82, 2.24) is 10.3 Å². The summed E-state index contributed by atoms with van der Waals surface area (Å²) in [5.74, 6) is -0.136. The van der Waals surface area contributed by atoms with Crippen molar-refractivity contribution in [2.75, 3.05) is 5.73 Å². The maximum atomic E-state index is 12.1. The molecule has 2 aromatic rings. The Morgan fingerprint density at radius 3 is 2.47 bits per heavy atom. The number of nitrogen functional groups attached to an aromatic ring is 1. The van der Waals surface area contributed by atoms with Crippen molar-refractivity contribution in [1.29, 1.82) is 0 Å². The highest BCUT2D eigenvalue weighted by Crippen LogP contribution is 2.30. The van der Waals surface area contributed by atoms with Crippen LogP contribution in [-0.2, 0) is 0 Å². The third kappa shape index (κ3) is 2.62. The largest absolute Gasteiger partial charge is 0.396 e. The van der Waals surface area contributed by atoms with E-state index in [4.69, 9.17) is 5.73 Å². The lowest BCUT2D eigenvalue weighted by Crippen LogP contribution is -2.30. The van der Waals surface area contributed by atoms with Gasteiger partial charge >= 0.3 is 0 Å². The molecule has 4 nitrogen and oxygen atoms in total. The van der Waals surface area contributed by atoms with Gasteiger partial charge in [0.15, 0.2) is 0 Å². The minimum atomic E-state index is -0.136. The van der Waals surface area contributed by atoms with E-state index in [2.05, 4.69) is 10.3 Å². The second-order valence-electron chi connectivity index (χ2n) is 4.91. The molecule has 0 atom stereocenters. The Morgan fingerprint density at radius 2 is 1.89 bits per heavy atom. The second-order valence-corrected chi connectivity index (χ2v) is 4.91. The lowest BCUT2D eigenvalue weighted by Gasteiger charge is -2.08. The maximum absolute atomic E-state index is 12.1. The van der Waals surface area contributed by atoms with Gasteiger partial charge in [0.05, 0.1) is 16.9 Å². The Hall–Kier alpha value is -2.23. The van der Waals surface area contributed by atoms with Gasteiger partial charge in [-0.1, -0.05) is 30.3 Å². The normalized spacial score (nSPS) is 10.7. The molecule has 0 aliphatic rings. The standard InChI is InChI=1S/C15H19N3O/c1-9(2)17-15(19)12-10(3)18-14(13(12)16)11-7-5-4-6-8-11/h4-9,18H,16H2,1-3H3,(H,17,19). The summed E-state index contributed by atoms with van der Waals surface area (Å²) >= 11 is 0. The first-order chi connectivity index (χ1) is 9.00. The van der Waals surface area contributed by atoms with E-state index < -0.39 is 0 Å². The van der Waals surface area contributed by atoms with E-state index in [1.54, 1.807) is 0 Å². The molecule has 0 saturated carbocycles. The Kier molecular flexibility index (Phi) is 3.60. The molecule has 4 heteroatoms. The van der Waals surface area contributed by atoms with E-state index in [1.807, 2.05) is 51.1 Å². The molecule has 0 fully saturated rings. The number of H-pyrrole nitrogens is 1. The van der Waals surface area contributed by atoms with Crippen LogP contribution in [0.25, 0.3) is 11.3 Å². The number of nitrogens with one attached hydrogen (secondary N) is 2. The molecule has 0 spiro atoms. The molecule has 19 heavy (non-hydrogen) atoms. The lowest BCUT2D eigenvalue weighted by molar-refractivity contribution is 0.0943. The molecule has 1 aromatic carbocycles. The smallest absolute Gasteiger partial charge is 0.255 e. The summed E-state index contributed by atoms with van der Waals surface area (Å²) in [6, 6.07) is 9.85. The van der Waals surface area contributed by atoms with Crippen molar-refractivity contribution in [2.45, 2.75) is 26.8 Å². The van der Waals surface area contributed by atoms with E-state index >= 15 is 0 Å². The van der Waals surface area contributed by atoms with Gasteiger partial charge in [-0.3, -0.25) is 4.79 Å². The number of carbonyl (C=O) groups excluding carboxylic acids is 1. The fourth-order valence-corrected chi connectivity index (χ4v) is 2.10. The van der Waals surface area contributed by atoms with Crippen molar-refractivity contribution in [3.63, 3.8) is 0 Å². The van der Waals surface area contributed by atoms with E-state index in [1.165, 1.54) is 0 Å². The predicted molar refractivity (Wildman–Crippen MR) is 78.0 cm³/mol. The quantitative estimate of drug-likeness (QED) is 0.791. The van der Waals surface area contributed by atoms with Gasteiger partial charge < -0.3 is 16.0 Å². The number of aromatic amines is 1. The number of amides is 1. The van der Waals surface area contributed by atoms with Crippen molar-refractivity contribution >= 4 is 11.6 Å². The SMILES string of the molecule is Cc1[nH]c(-c2ccccc2)c(N)c1C(=O)NC(C)C. The molecule has 1 heterocycles. The molecular formula is C15H19N3O. The molecule has 0 bridgehead atoms. The van der Waals surface area contributed by atoms with E-state index in [0.717, 1.165) is 17.0 Å². The fourth-order valence-electron chi connectivity index (χ4n) is 2.10. The van der Waals surface area contributed by atoms with Crippen molar-refractivity contribution in [3.8, 4) is 11.3 Å². The van der Waals surface area contributed by atoms with E-state index in [9.17, 15) is 4.79 Å². The number of hydrogen-bond donors (Lipinski definition) is 3. The zero-order valence-corrected chi connectivity index (χ0v) is 11.4. The molecule has 2 rings (SSSR count). The minimum Gasteiger partial charge on any atom is -0.396 e. The zero-order chi connectivity index (χ0) is 14.0. The van der Waals surface area contributed by atoms with Gasteiger partial charge in [-0.05, 0) is 20.8 Å². The number of rotatable bonds is 3. The van der Waals surface area contributed by atoms with Gasteiger partial charge in [-0.25, -0.2) is 0 Å². The Balaban J connectivity index is 2.43. The summed E-state index contributed by atoms with van der Waals surface area (Å²) < 4.78 is 0. The molecule has 0 saturated heterocycles. The Labute approximate surface area is 113 Å². The number of aryl methyl sites for hydroxylation is 1. The highest BCUT2D eigenvalue weighted by molar-refractivity contribution is 6.03. The molecule has 4 N–H and O–H groups in total. The summed E-state index contributed by atoms with van der Waals surface area (Å²) in [6.07, 6.45) is 0. The first kappa shape index (κ1) is 13.2. The average Bonchev–Trinajstić information content (AvgIpc) is 2.65. The van der Waals surface area contributed by atoms with Gasteiger partial charge in [0.25, 0.3) is 5.91 Å². The summed E-state index contributed by atoms with van der Waals surface area (Å²) in [7, 11) is 0. The zero-order valence-electron chi connectivity index (χ0n) is 11.4. The fraction of sp³-hybridized carbons (Fsp3) is 0.267. The van der Waals surface area contributed by atoms with Crippen molar-refractivity contribution < 1.29 is 4.79 Å². The van der Waals surface area contributed by atoms with Crippen molar-refractivity contribution in [3.05, 3.63) is 41.6 Å². The predicted octanol–water partition coefficient (Wildman–Crippen LogP) is 2.71. The number of carbonyl (C=O) groups is 1. The Morgan fingerprint density at radius 1 is 1.26 bits per heavy atom. The van der Waals surface area contributed by atoms with Crippen LogP contribution in [-0.4, -0.2) is 16.9 Å². The third-order valence-electron chi connectivity index (χ3n) is 2.94. The van der Waals surface area contributed by atoms with Gasteiger partial charge in [-0.15, -0.1) is 0 Å². The number of nitrogens with two attached hydrogens (primary N) is 1. The summed E-state index contributed by atoms with van der Waals surface area (Å²) in [5, 5.41) is 2.87. The molecule has 1 aromatic heterocycles. The van der Waals surface area contributed by atoms with Crippen LogP contribution in [0.4, 0.5) is 5.69 Å². The Bertz CT molecular complexity index is 585. The lowest BCUT2D eigenvalue weighted by atomic mass is 10.1. The third-order valence-corrected chi connectivity index (χ3v) is 2.94. The summed E-state index contributed by atoms with van der Waals surface area (Å²) in [4.78, 5) is 15.3. The van der Waals surface area contributed by atoms with Crippen LogP contribution in [0.2, 0.25) is 0 Å². The van der Waals surface area contributed by atoms with Crippen LogP contribution in [0, 0.1) is 6.92 Å². The van der Waals surface area contributed by atoms with Gasteiger partial charge in [0.2, 0.25) is 0 Å². The molecule has 0 aliphatic carbocycles. The topological polar surface area (TPSA) is 70.9 Å². The van der Waals surface area contributed by atoms with E-state index in [0.29, 0.717) is 11.3 Å². The molecule has 0 aliphatic heterocycles. The van der Waals surface area contributed by atoms with Gasteiger partial charge in [0.1, 0.15) is 0 Å². The van der Waals surface area contributed by atoms with Crippen LogP contribution < -0.4 is 11.1 Å². The first-order valence-electron chi connectivity index (χ1n) is 6.35. The summed E-state index contributed by atoms with van der Waals surface area (Å²) in [6.45, 7) is 5.71. The molecule has 0 unspecified atom stereocenters. The van der Waals surface area contributed by atoms with Gasteiger partial charge in [0, 0.05) is 17.3 Å². The van der Waals surface area contributed by atoms with Crippen molar-refractivity contribution in [2.24, 2.45) is 0 Å². The molecule has 1 amide bonds. The van der Waals surface area contributed by atoms with Crippen LogP contribution in [0.3, 0.4) is 0 Å². The number of hydrogen-bond acceptors (Lipinski definition) is 2. The second kappa shape index (κ2) is 5.18. The van der Waals surface area contributed by atoms with Crippen LogP contribution in [0.1, 0.15) is 29.9 Å². The molecule has 100 valence electrons. The first-order valence-corrected chi connectivity index (χ1v) is 6.35. The maximum Gasteiger partial charge on any atom is 0.255 e. The van der Waals surface area contributed by atoms with E-state index in [-0.39, 0.29) is 11.9 Å². The molecular weight excluding hydrogens is 238 g/mol. The average molecular weight is 257 g/mol.